The second kappa shape index (κ2) is 5.80. The average Bonchev–Trinajstić information content (AvgIpc) is 3.27. The highest BCUT2D eigenvalue weighted by Crippen LogP contribution is 2.31. The van der Waals surface area contributed by atoms with Gasteiger partial charge in [-0.3, -0.25) is 9.69 Å². The lowest BCUT2D eigenvalue weighted by atomic mass is 9.99. The summed E-state index contributed by atoms with van der Waals surface area (Å²) >= 11 is 0. The number of amides is 1. The van der Waals surface area contributed by atoms with Crippen molar-refractivity contribution in [3.63, 3.8) is 0 Å². The second-order valence-corrected chi connectivity index (χ2v) is 6.75. The smallest absolute Gasteiger partial charge is 0.225 e. The summed E-state index contributed by atoms with van der Waals surface area (Å²) in [7, 11) is 0. The third kappa shape index (κ3) is 3.29. The SMILES string of the molecule is Cc1cc(C)c(CN2CCN(C(=O)C3CC3)CC2)c(C)c1. The summed E-state index contributed by atoms with van der Waals surface area (Å²) in [6, 6.07) is 4.55. The number of benzene rings is 1. The van der Waals surface area contributed by atoms with E-state index in [0.29, 0.717) is 11.8 Å². The van der Waals surface area contributed by atoms with Crippen molar-refractivity contribution in [2.45, 2.75) is 40.2 Å². The summed E-state index contributed by atoms with van der Waals surface area (Å²) in [5.74, 6) is 0.760. The highest BCUT2D eigenvalue weighted by atomic mass is 16.2. The number of rotatable bonds is 3. The molecule has 1 heterocycles. The first-order chi connectivity index (χ1) is 10.0. The summed E-state index contributed by atoms with van der Waals surface area (Å²) in [6.45, 7) is 11.4. The zero-order chi connectivity index (χ0) is 15.0. The maximum absolute atomic E-state index is 12.1. The van der Waals surface area contributed by atoms with Crippen molar-refractivity contribution < 1.29 is 4.79 Å². The van der Waals surface area contributed by atoms with E-state index in [1.54, 1.807) is 0 Å². The number of hydrogen-bond acceptors (Lipinski definition) is 2. The third-order valence-corrected chi connectivity index (χ3v) is 4.83. The van der Waals surface area contributed by atoms with Crippen LogP contribution in [0.5, 0.6) is 0 Å². The first-order valence-electron chi connectivity index (χ1n) is 8.12. The van der Waals surface area contributed by atoms with Gasteiger partial charge in [0, 0.05) is 38.6 Å². The number of piperazine rings is 1. The number of hydrogen-bond donors (Lipinski definition) is 0. The molecule has 1 saturated heterocycles. The predicted molar refractivity (Wildman–Crippen MR) is 85.2 cm³/mol. The molecule has 0 unspecified atom stereocenters. The van der Waals surface area contributed by atoms with Crippen LogP contribution in [0.15, 0.2) is 12.1 Å². The maximum atomic E-state index is 12.1. The molecular formula is C18H26N2O. The van der Waals surface area contributed by atoms with Crippen molar-refractivity contribution >= 4 is 5.91 Å². The van der Waals surface area contributed by atoms with E-state index in [0.717, 1.165) is 45.6 Å². The van der Waals surface area contributed by atoms with Crippen LogP contribution in [0, 0.1) is 26.7 Å². The van der Waals surface area contributed by atoms with Gasteiger partial charge >= 0.3 is 0 Å². The number of carbonyl (C=O) groups is 1. The largest absolute Gasteiger partial charge is 0.340 e. The van der Waals surface area contributed by atoms with Crippen molar-refractivity contribution in [2.75, 3.05) is 26.2 Å². The van der Waals surface area contributed by atoms with E-state index in [2.05, 4.69) is 42.7 Å². The van der Waals surface area contributed by atoms with Crippen molar-refractivity contribution in [3.8, 4) is 0 Å². The van der Waals surface area contributed by atoms with E-state index in [4.69, 9.17) is 0 Å². The Bertz CT molecular complexity index is 517. The van der Waals surface area contributed by atoms with E-state index in [9.17, 15) is 4.79 Å². The minimum atomic E-state index is 0.359. The van der Waals surface area contributed by atoms with Crippen LogP contribution >= 0.6 is 0 Å². The van der Waals surface area contributed by atoms with E-state index < -0.39 is 0 Å². The minimum absolute atomic E-state index is 0.359. The zero-order valence-corrected chi connectivity index (χ0v) is 13.5. The first-order valence-corrected chi connectivity index (χ1v) is 8.12. The van der Waals surface area contributed by atoms with Crippen LogP contribution in [0.4, 0.5) is 0 Å². The number of aryl methyl sites for hydroxylation is 3. The lowest BCUT2D eigenvalue weighted by Gasteiger charge is -2.35. The summed E-state index contributed by atoms with van der Waals surface area (Å²) in [6.07, 6.45) is 2.22. The Morgan fingerprint density at radius 1 is 1.05 bits per heavy atom. The highest BCUT2D eigenvalue weighted by Gasteiger charge is 2.34. The van der Waals surface area contributed by atoms with Gasteiger partial charge in [0.05, 0.1) is 0 Å². The van der Waals surface area contributed by atoms with Gasteiger partial charge in [0.15, 0.2) is 0 Å². The first kappa shape index (κ1) is 14.6. The Balaban J connectivity index is 1.59. The van der Waals surface area contributed by atoms with E-state index in [1.807, 2.05) is 0 Å². The van der Waals surface area contributed by atoms with Crippen LogP contribution in [0.3, 0.4) is 0 Å². The molecule has 0 aromatic heterocycles. The summed E-state index contributed by atoms with van der Waals surface area (Å²) in [5.41, 5.74) is 5.59. The zero-order valence-electron chi connectivity index (χ0n) is 13.5. The Hall–Kier alpha value is -1.35. The Morgan fingerprint density at radius 3 is 2.14 bits per heavy atom. The van der Waals surface area contributed by atoms with Gasteiger partial charge in [-0.15, -0.1) is 0 Å². The fourth-order valence-corrected chi connectivity index (χ4v) is 3.40. The molecule has 0 spiro atoms. The van der Waals surface area contributed by atoms with Gasteiger partial charge in [-0.25, -0.2) is 0 Å². The van der Waals surface area contributed by atoms with Gasteiger partial charge in [0.1, 0.15) is 0 Å². The fraction of sp³-hybridized carbons (Fsp3) is 0.611. The average molecular weight is 286 g/mol. The molecule has 0 N–H and O–H groups in total. The molecule has 2 aliphatic rings. The van der Waals surface area contributed by atoms with Gasteiger partial charge < -0.3 is 4.90 Å². The molecule has 1 amide bonds. The number of carbonyl (C=O) groups excluding carboxylic acids is 1. The lowest BCUT2D eigenvalue weighted by molar-refractivity contribution is -0.134. The molecule has 1 aliphatic carbocycles. The monoisotopic (exact) mass is 286 g/mol. The molecule has 3 nitrogen and oxygen atoms in total. The van der Waals surface area contributed by atoms with Crippen molar-refractivity contribution in [1.82, 2.24) is 9.80 Å². The van der Waals surface area contributed by atoms with Crippen LogP contribution < -0.4 is 0 Å². The van der Waals surface area contributed by atoms with Crippen LogP contribution in [-0.4, -0.2) is 41.9 Å². The third-order valence-electron chi connectivity index (χ3n) is 4.83. The van der Waals surface area contributed by atoms with E-state index in [1.165, 1.54) is 22.3 Å². The Morgan fingerprint density at radius 2 is 1.62 bits per heavy atom. The molecular weight excluding hydrogens is 260 g/mol. The lowest BCUT2D eigenvalue weighted by Crippen LogP contribution is -2.48. The Kier molecular flexibility index (Phi) is 4.03. The molecule has 21 heavy (non-hydrogen) atoms. The molecule has 114 valence electrons. The molecule has 1 aliphatic heterocycles. The second-order valence-electron chi connectivity index (χ2n) is 6.75. The summed E-state index contributed by atoms with van der Waals surface area (Å²) in [4.78, 5) is 16.6. The number of nitrogens with zero attached hydrogens (tertiary/aromatic N) is 2. The van der Waals surface area contributed by atoms with E-state index in [-0.39, 0.29) is 0 Å². The van der Waals surface area contributed by atoms with E-state index >= 15 is 0 Å². The van der Waals surface area contributed by atoms with Gasteiger partial charge in [-0.05, 0) is 50.3 Å². The molecule has 2 fully saturated rings. The molecule has 1 aromatic rings. The van der Waals surface area contributed by atoms with Crippen molar-refractivity contribution in [2.24, 2.45) is 5.92 Å². The maximum Gasteiger partial charge on any atom is 0.225 e. The quantitative estimate of drug-likeness (QED) is 0.853. The van der Waals surface area contributed by atoms with Crippen LogP contribution in [0.1, 0.15) is 35.1 Å². The fourth-order valence-electron chi connectivity index (χ4n) is 3.40. The van der Waals surface area contributed by atoms with Crippen LogP contribution in [0.2, 0.25) is 0 Å². The Labute approximate surface area is 127 Å². The standard InChI is InChI=1S/C18H26N2O/c1-13-10-14(2)17(15(3)11-13)12-19-6-8-20(9-7-19)18(21)16-4-5-16/h10-11,16H,4-9,12H2,1-3H3. The normalized spacial score (nSPS) is 19.9. The van der Waals surface area contributed by atoms with Crippen molar-refractivity contribution in [1.29, 1.82) is 0 Å². The van der Waals surface area contributed by atoms with Crippen LogP contribution in [0.25, 0.3) is 0 Å². The van der Waals surface area contributed by atoms with Gasteiger partial charge in [-0.2, -0.15) is 0 Å². The van der Waals surface area contributed by atoms with Crippen molar-refractivity contribution in [3.05, 3.63) is 34.4 Å². The van der Waals surface area contributed by atoms with Gasteiger partial charge in [0.25, 0.3) is 0 Å². The molecule has 1 saturated carbocycles. The summed E-state index contributed by atoms with van der Waals surface area (Å²) < 4.78 is 0. The topological polar surface area (TPSA) is 23.6 Å². The van der Waals surface area contributed by atoms with Gasteiger partial charge in [-0.1, -0.05) is 17.7 Å². The molecule has 3 heteroatoms. The highest BCUT2D eigenvalue weighted by molar-refractivity contribution is 5.81. The molecule has 0 bridgehead atoms. The minimum Gasteiger partial charge on any atom is -0.340 e. The molecule has 3 rings (SSSR count). The molecule has 1 aromatic carbocycles. The summed E-state index contributed by atoms with van der Waals surface area (Å²) in [5, 5.41) is 0. The van der Waals surface area contributed by atoms with Crippen LogP contribution in [-0.2, 0) is 11.3 Å². The molecule has 0 radical (unpaired) electrons. The predicted octanol–water partition coefficient (Wildman–Crippen LogP) is 2.67. The van der Waals surface area contributed by atoms with Gasteiger partial charge in [0.2, 0.25) is 5.91 Å². The molecule has 0 atom stereocenters.